The van der Waals surface area contributed by atoms with Gasteiger partial charge in [0.05, 0.1) is 39.9 Å². The lowest BCUT2D eigenvalue weighted by Gasteiger charge is -2.25. The summed E-state index contributed by atoms with van der Waals surface area (Å²) in [5.41, 5.74) is 0. The second-order valence-corrected chi connectivity index (χ2v) is 18.9. The van der Waals surface area contributed by atoms with Crippen LogP contribution in [0, 0.1) is 0 Å². The van der Waals surface area contributed by atoms with Crippen LogP contribution in [0.2, 0.25) is 0 Å². The monoisotopic (exact) mass is 862 g/mol. The van der Waals surface area contributed by atoms with Gasteiger partial charge in [0.2, 0.25) is 5.91 Å². The zero-order valence-electron chi connectivity index (χ0n) is 39.4. The summed E-state index contributed by atoms with van der Waals surface area (Å²) < 4.78 is 23.4. The first-order valence-electron chi connectivity index (χ1n) is 24.3. The Kier molecular flexibility index (Phi) is 40.8. The molecule has 0 saturated carbocycles. The minimum atomic E-state index is -4.34. The number of nitrogens with one attached hydrogen (secondary N) is 1. The highest BCUT2D eigenvalue weighted by molar-refractivity contribution is 7.47. The molecule has 0 radical (unpaired) electrons. The third-order valence-electron chi connectivity index (χ3n) is 10.4. The zero-order valence-corrected chi connectivity index (χ0v) is 40.3. The molecular formula is C51H94N2O6P+. The van der Waals surface area contributed by atoms with E-state index < -0.39 is 20.0 Å². The van der Waals surface area contributed by atoms with Crippen molar-refractivity contribution in [1.29, 1.82) is 0 Å². The Balaban J connectivity index is 3.95. The molecular weight excluding hydrogens is 768 g/mol. The molecule has 3 atom stereocenters. The van der Waals surface area contributed by atoms with Crippen LogP contribution in [-0.4, -0.2) is 73.4 Å². The number of likely N-dealkylation sites (N-methyl/N-ethyl adjacent to an activating group) is 1. The number of hydrogen-bond acceptors (Lipinski definition) is 5. The highest BCUT2D eigenvalue weighted by Gasteiger charge is 2.27. The van der Waals surface area contributed by atoms with Gasteiger partial charge < -0.3 is 19.8 Å². The standard InChI is InChI=1S/C51H93N2O6P/c1-6-8-10-12-14-15-16-17-18-19-20-21-22-23-24-25-26-27-28-29-30-31-32-33-34-35-36-37-39-41-43-45-51(55)52-49(50(54)44-42-40-38-13-11-9-7-2)48-59-60(56,57)58-47-46-53(3,4)5/h8,10-11,13-15,17-18,20-21,42,44,49-50,54H,6-7,9,12,16,19,22-41,43,45-48H2,1-5H3,(H-,52,55,56,57)/p+1/b10-8-,13-11+,15-14-,18-17-,21-20-,44-42+. The molecule has 0 aliphatic heterocycles. The average molecular weight is 862 g/mol. The molecule has 3 unspecified atom stereocenters. The summed E-state index contributed by atoms with van der Waals surface area (Å²) in [6.45, 7) is 4.56. The molecule has 0 fully saturated rings. The van der Waals surface area contributed by atoms with Crippen molar-refractivity contribution in [2.45, 2.75) is 206 Å². The summed E-state index contributed by atoms with van der Waals surface area (Å²) >= 11 is 0. The molecule has 60 heavy (non-hydrogen) atoms. The number of hydrogen-bond donors (Lipinski definition) is 3. The highest BCUT2D eigenvalue weighted by Crippen LogP contribution is 2.43. The average Bonchev–Trinajstić information content (AvgIpc) is 3.20. The van der Waals surface area contributed by atoms with Crippen LogP contribution in [0.4, 0.5) is 0 Å². The minimum Gasteiger partial charge on any atom is -0.387 e. The number of carbonyl (C=O) groups excluding carboxylic acids is 1. The molecule has 348 valence electrons. The van der Waals surface area contributed by atoms with Gasteiger partial charge in [0.25, 0.3) is 0 Å². The topological polar surface area (TPSA) is 105 Å². The Hall–Kier alpha value is -2.06. The van der Waals surface area contributed by atoms with Crippen molar-refractivity contribution in [3.8, 4) is 0 Å². The smallest absolute Gasteiger partial charge is 0.387 e. The first-order chi connectivity index (χ1) is 29.0. The number of quaternary nitrogens is 1. The van der Waals surface area contributed by atoms with Crippen molar-refractivity contribution in [1.82, 2.24) is 5.32 Å². The van der Waals surface area contributed by atoms with Gasteiger partial charge >= 0.3 is 7.82 Å². The Morgan fingerprint density at radius 2 is 1.02 bits per heavy atom. The number of aliphatic hydroxyl groups is 1. The molecule has 0 spiro atoms. The van der Waals surface area contributed by atoms with Crippen molar-refractivity contribution in [2.24, 2.45) is 0 Å². The fourth-order valence-electron chi connectivity index (χ4n) is 6.58. The van der Waals surface area contributed by atoms with Gasteiger partial charge in [0.1, 0.15) is 13.2 Å². The predicted molar refractivity (Wildman–Crippen MR) is 258 cm³/mol. The molecule has 0 aromatic carbocycles. The van der Waals surface area contributed by atoms with Gasteiger partial charge in [-0.15, -0.1) is 0 Å². The lowest BCUT2D eigenvalue weighted by molar-refractivity contribution is -0.870. The summed E-state index contributed by atoms with van der Waals surface area (Å²) in [5, 5.41) is 13.7. The van der Waals surface area contributed by atoms with Crippen molar-refractivity contribution in [3.05, 3.63) is 72.9 Å². The van der Waals surface area contributed by atoms with Crippen LogP contribution in [-0.2, 0) is 18.4 Å². The second kappa shape index (κ2) is 42.3. The maximum absolute atomic E-state index is 12.8. The van der Waals surface area contributed by atoms with Crippen LogP contribution in [0.5, 0.6) is 0 Å². The number of aliphatic hydroxyl groups excluding tert-OH is 1. The van der Waals surface area contributed by atoms with E-state index in [1.54, 1.807) is 6.08 Å². The van der Waals surface area contributed by atoms with Crippen LogP contribution >= 0.6 is 7.82 Å². The second-order valence-electron chi connectivity index (χ2n) is 17.4. The molecule has 0 aromatic heterocycles. The van der Waals surface area contributed by atoms with Gasteiger partial charge in [-0.1, -0.05) is 196 Å². The summed E-state index contributed by atoms with van der Waals surface area (Å²) in [6, 6.07) is -0.861. The van der Waals surface area contributed by atoms with E-state index in [0.29, 0.717) is 17.4 Å². The molecule has 0 bridgehead atoms. The van der Waals surface area contributed by atoms with Crippen LogP contribution in [0.15, 0.2) is 72.9 Å². The van der Waals surface area contributed by atoms with E-state index in [4.69, 9.17) is 9.05 Å². The fraction of sp³-hybridized carbons (Fsp3) is 0.745. The Labute approximate surface area is 370 Å². The van der Waals surface area contributed by atoms with Gasteiger partial charge in [0, 0.05) is 6.42 Å². The summed E-state index contributed by atoms with van der Waals surface area (Å²) in [4.78, 5) is 23.0. The SMILES string of the molecule is CC/C=C\C/C=C\C/C=C\C/C=C\CCCCCCCCCCCCCCCCCCCCC(=O)NC(COP(=O)(O)OCC[N+](C)(C)C)C(O)/C=C/CC/C=C/CCC. The Bertz CT molecular complexity index is 1200. The van der Waals surface area contributed by atoms with E-state index in [9.17, 15) is 19.4 Å². The van der Waals surface area contributed by atoms with E-state index in [0.717, 1.165) is 70.6 Å². The lowest BCUT2D eigenvalue weighted by Crippen LogP contribution is -2.45. The van der Waals surface area contributed by atoms with Crippen molar-refractivity contribution >= 4 is 13.7 Å². The first kappa shape index (κ1) is 57.9. The van der Waals surface area contributed by atoms with Crippen LogP contribution < -0.4 is 5.32 Å². The van der Waals surface area contributed by atoms with Gasteiger partial charge in [-0.05, 0) is 64.2 Å². The van der Waals surface area contributed by atoms with E-state index in [-0.39, 0.29) is 19.1 Å². The molecule has 0 aliphatic carbocycles. The molecule has 8 nitrogen and oxygen atoms in total. The maximum atomic E-state index is 12.8. The van der Waals surface area contributed by atoms with Gasteiger partial charge in [0.15, 0.2) is 0 Å². The molecule has 3 N–H and O–H groups in total. The molecule has 0 aromatic rings. The van der Waals surface area contributed by atoms with Crippen molar-refractivity contribution < 1.29 is 32.9 Å². The molecule has 0 aliphatic rings. The van der Waals surface area contributed by atoms with E-state index in [1.165, 1.54) is 103 Å². The summed E-state index contributed by atoms with van der Waals surface area (Å²) in [7, 11) is 1.55. The van der Waals surface area contributed by atoms with Crippen LogP contribution in [0.1, 0.15) is 194 Å². The molecule has 9 heteroatoms. The first-order valence-corrected chi connectivity index (χ1v) is 25.8. The number of unbranched alkanes of at least 4 members (excludes halogenated alkanes) is 20. The Morgan fingerprint density at radius 3 is 1.52 bits per heavy atom. The van der Waals surface area contributed by atoms with E-state index >= 15 is 0 Å². The third kappa shape index (κ3) is 44.0. The van der Waals surface area contributed by atoms with Crippen LogP contribution in [0.25, 0.3) is 0 Å². The number of nitrogens with zero attached hydrogens (tertiary/aromatic N) is 1. The molecule has 0 heterocycles. The maximum Gasteiger partial charge on any atom is 0.472 e. The summed E-state index contributed by atoms with van der Waals surface area (Å²) in [5.74, 6) is -0.193. The van der Waals surface area contributed by atoms with Crippen molar-refractivity contribution in [2.75, 3.05) is 40.9 Å². The number of phosphoric acid groups is 1. The van der Waals surface area contributed by atoms with Crippen molar-refractivity contribution in [3.63, 3.8) is 0 Å². The van der Waals surface area contributed by atoms with E-state index in [1.807, 2.05) is 27.2 Å². The Morgan fingerprint density at radius 1 is 0.583 bits per heavy atom. The van der Waals surface area contributed by atoms with E-state index in [2.05, 4.69) is 79.9 Å². The third-order valence-corrected chi connectivity index (χ3v) is 11.4. The van der Waals surface area contributed by atoms with Gasteiger partial charge in [-0.2, -0.15) is 0 Å². The number of rotatable bonds is 43. The van der Waals surface area contributed by atoms with Crippen LogP contribution in [0.3, 0.4) is 0 Å². The zero-order chi connectivity index (χ0) is 44.3. The predicted octanol–water partition coefficient (Wildman–Crippen LogP) is 14.0. The summed E-state index contributed by atoms with van der Waals surface area (Å²) in [6.07, 6.45) is 57.5. The number of phosphoric ester groups is 1. The van der Waals surface area contributed by atoms with Gasteiger partial charge in [-0.25, -0.2) is 4.57 Å². The molecule has 1 amide bonds. The lowest BCUT2D eigenvalue weighted by atomic mass is 10.0. The normalized spacial score (nSPS) is 14.8. The number of amides is 1. The number of allylic oxidation sites excluding steroid dienone is 11. The quantitative estimate of drug-likeness (QED) is 0.0244. The minimum absolute atomic E-state index is 0.0540. The van der Waals surface area contributed by atoms with Gasteiger partial charge in [-0.3, -0.25) is 13.8 Å². The number of carbonyl (C=O) groups is 1. The largest absolute Gasteiger partial charge is 0.472 e. The molecule has 0 rings (SSSR count). The highest BCUT2D eigenvalue weighted by atomic mass is 31.2. The molecule has 0 saturated heterocycles. The fourth-order valence-corrected chi connectivity index (χ4v) is 7.32.